The Labute approximate surface area is 479 Å². The zero-order valence-electron chi connectivity index (χ0n) is 45.5. The smallest absolute Gasteiger partial charge is 0.326 e. The van der Waals surface area contributed by atoms with E-state index < -0.39 is 183 Å². The van der Waals surface area contributed by atoms with Crippen molar-refractivity contribution in [2.24, 2.45) is 39.4 Å². The molecule has 466 valence electrons. The summed E-state index contributed by atoms with van der Waals surface area (Å²) < 4.78 is 0. The van der Waals surface area contributed by atoms with E-state index in [1.807, 2.05) is 5.32 Å². The van der Waals surface area contributed by atoms with Gasteiger partial charge in [0.25, 0.3) is 0 Å². The zero-order chi connectivity index (χ0) is 63.1. The third-order valence-corrected chi connectivity index (χ3v) is 12.1. The number of aliphatic hydroxyl groups excluding tert-OH is 4. The highest BCUT2D eigenvalue weighted by molar-refractivity contribution is 5.99. The van der Waals surface area contributed by atoms with Crippen LogP contribution in [-0.2, 0) is 70.4 Å². The number of benzene rings is 1. The van der Waals surface area contributed by atoms with Crippen LogP contribution >= 0.6 is 0 Å². The second-order valence-electron chi connectivity index (χ2n) is 18.8. The number of guanidine groups is 1. The number of aromatic amines is 1. The number of aliphatic hydroxyl groups is 4. The lowest BCUT2D eigenvalue weighted by Crippen LogP contribution is -2.62. The highest BCUT2D eigenvalue weighted by Gasteiger charge is 2.36. The minimum absolute atomic E-state index is 0.0359. The van der Waals surface area contributed by atoms with Crippen molar-refractivity contribution in [2.75, 3.05) is 39.5 Å². The van der Waals surface area contributed by atoms with Gasteiger partial charge >= 0.3 is 5.97 Å². The highest BCUT2D eigenvalue weighted by Crippen LogP contribution is 2.13. The van der Waals surface area contributed by atoms with Crippen LogP contribution in [0.3, 0.4) is 0 Å². The molecular weight excluding hydrogens is 1120 g/mol. The van der Waals surface area contributed by atoms with Gasteiger partial charge in [-0.3, -0.25) is 57.7 Å². The molecule has 11 amide bonds. The van der Waals surface area contributed by atoms with E-state index >= 15 is 0 Å². The number of primary amides is 2. The second kappa shape index (κ2) is 37.1. The Kier molecular flexibility index (Phi) is 31.4. The first-order valence-corrected chi connectivity index (χ1v) is 26.0. The van der Waals surface area contributed by atoms with Gasteiger partial charge < -0.3 is 118 Å². The normalized spacial score (nSPS) is 14.5. The van der Waals surface area contributed by atoms with E-state index in [4.69, 9.17) is 34.4 Å². The Morgan fingerprint density at radius 3 is 1.38 bits per heavy atom. The lowest BCUT2D eigenvalue weighted by Gasteiger charge is -2.27. The first kappa shape index (κ1) is 71.0. The fourth-order valence-corrected chi connectivity index (χ4v) is 7.50. The Bertz CT molecular complexity index is 2570. The monoisotopic (exact) mass is 1190 g/mol. The Morgan fingerprint density at radius 1 is 0.512 bits per heavy atom. The predicted molar refractivity (Wildman–Crippen MR) is 290 cm³/mol. The van der Waals surface area contributed by atoms with Crippen molar-refractivity contribution in [1.82, 2.24) is 57.8 Å². The molecule has 36 heteroatoms. The molecule has 0 aliphatic carbocycles. The number of hydrogen-bond donors (Lipinski definition) is 22. The molecule has 10 atom stereocenters. The van der Waals surface area contributed by atoms with Crippen LogP contribution in [-0.4, -0.2) is 217 Å². The third-order valence-electron chi connectivity index (χ3n) is 12.1. The van der Waals surface area contributed by atoms with Gasteiger partial charge in [0.2, 0.25) is 65.0 Å². The number of H-pyrrole nitrogens is 1. The summed E-state index contributed by atoms with van der Waals surface area (Å²) in [6.45, 7) is -4.17. The summed E-state index contributed by atoms with van der Waals surface area (Å²) in [6, 6.07) is -12.0. The summed E-state index contributed by atoms with van der Waals surface area (Å²) in [5.74, 6) is -14.7. The van der Waals surface area contributed by atoms with Gasteiger partial charge in [0.05, 0.1) is 45.2 Å². The highest BCUT2D eigenvalue weighted by atomic mass is 16.4. The SMILES string of the molecule is NCCCC[C@H](N)C(=O)N[C@@H](CO)C(=O)N[C@@H](CO)C(=O)N[C@@H](Cc1cnc[nH]1)C(=O)N[C@@H](CCCN=C(N)N)C(=O)N[C@@H](CO)C(=O)N[C@@H](Cc1ccc(O)cc1)C(=O)N[C@@H](CO)C(=O)N[C@@H](CC(N)=O)C(=O)N[C@@H](CCC(N)=O)C(=O)O. The number of phenolic OH excluding ortho intramolecular Hbond substituents is 1. The van der Waals surface area contributed by atoms with Crippen LogP contribution in [0.25, 0.3) is 0 Å². The summed E-state index contributed by atoms with van der Waals surface area (Å²) in [7, 11) is 0. The van der Waals surface area contributed by atoms with Crippen LogP contribution < -0.4 is 82.3 Å². The molecule has 2 aromatic rings. The molecule has 0 aliphatic heterocycles. The van der Waals surface area contributed by atoms with E-state index in [9.17, 15) is 88.2 Å². The number of nitrogens with one attached hydrogen (secondary N) is 10. The van der Waals surface area contributed by atoms with Gasteiger partial charge in [-0.25, -0.2) is 9.78 Å². The van der Waals surface area contributed by atoms with Gasteiger partial charge in [0.15, 0.2) is 5.96 Å². The maximum atomic E-state index is 14.2. The van der Waals surface area contributed by atoms with Crippen LogP contribution in [0.15, 0.2) is 41.8 Å². The maximum absolute atomic E-state index is 14.2. The average molecular weight is 1190 g/mol. The molecule has 36 nitrogen and oxygen atoms in total. The number of hydrogen-bond acceptors (Lipinski definition) is 21. The van der Waals surface area contributed by atoms with Crippen LogP contribution in [0.1, 0.15) is 62.6 Å². The largest absolute Gasteiger partial charge is 0.508 e. The third kappa shape index (κ3) is 25.8. The van der Waals surface area contributed by atoms with E-state index in [2.05, 4.69) is 57.5 Å². The van der Waals surface area contributed by atoms with Crippen molar-refractivity contribution in [3.63, 3.8) is 0 Å². The quantitative estimate of drug-likeness (QED) is 0.0167. The molecule has 0 saturated heterocycles. The zero-order valence-corrected chi connectivity index (χ0v) is 45.5. The Balaban J connectivity index is 2.43. The second-order valence-corrected chi connectivity index (χ2v) is 18.8. The molecular formula is C48H76N18O18. The van der Waals surface area contributed by atoms with E-state index in [1.165, 1.54) is 36.8 Å². The number of carbonyl (C=O) groups is 12. The number of carboxylic acids is 1. The molecule has 1 aromatic heterocycles. The number of aromatic hydroxyl groups is 1. The molecule has 0 radical (unpaired) electrons. The van der Waals surface area contributed by atoms with E-state index in [-0.39, 0.29) is 55.2 Å². The molecule has 0 unspecified atom stereocenters. The summed E-state index contributed by atoms with van der Waals surface area (Å²) in [6.07, 6.45) is 0.719. The molecule has 0 bridgehead atoms. The van der Waals surface area contributed by atoms with Gasteiger partial charge in [-0.1, -0.05) is 18.6 Å². The van der Waals surface area contributed by atoms with Crippen LogP contribution in [0.5, 0.6) is 5.75 Å². The number of imidazole rings is 1. The fraction of sp³-hybridized carbons (Fsp3) is 0.542. The summed E-state index contributed by atoms with van der Waals surface area (Å²) >= 11 is 0. The number of carboxylic acid groups (broad SMARTS) is 1. The van der Waals surface area contributed by atoms with Gasteiger partial charge in [-0.05, 0) is 56.3 Å². The van der Waals surface area contributed by atoms with Gasteiger partial charge in [-0.2, -0.15) is 0 Å². The van der Waals surface area contributed by atoms with Crippen molar-refractivity contribution in [3.8, 4) is 5.75 Å². The number of aromatic nitrogens is 2. The molecule has 0 spiro atoms. The van der Waals surface area contributed by atoms with Crippen molar-refractivity contribution in [3.05, 3.63) is 48.0 Å². The van der Waals surface area contributed by atoms with Crippen molar-refractivity contribution in [1.29, 1.82) is 0 Å². The predicted octanol–water partition coefficient (Wildman–Crippen LogP) is -11.0. The first-order chi connectivity index (χ1) is 39.8. The van der Waals surface area contributed by atoms with E-state index in [0.717, 1.165) is 0 Å². The number of carbonyl (C=O) groups excluding carboxylic acids is 11. The molecule has 2 rings (SSSR count). The van der Waals surface area contributed by atoms with E-state index in [1.54, 1.807) is 0 Å². The number of aliphatic imine (C=N–C) groups is 1. The molecule has 1 heterocycles. The molecule has 1 aromatic carbocycles. The summed E-state index contributed by atoms with van der Waals surface area (Å²) in [4.78, 5) is 168. The number of amides is 11. The topological polar surface area (TPSA) is 632 Å². The van der Waals surface area contributed by atoms with E-state index in [0.29, 0.717) is 19.4 Å². The Hall–Kier alpha value is -9.10. The maximum Gasteiger partial charge on any atom is 0.326 e. The van der Waals surface area contributed by atoms with Crippen LogP contribution in [0.2, 0.25) is 0 Å². The average Bonchev–Trinajstić information content (AvgIpc) is 4.11. The van der Waals surface area contributed by atoms with Crippen LogP contribution in [0, 0.1) is 0 Å². The number of phenols is 1. The van der Waals surface area contributed by atoms with Crippen molar-refractivity contribution >= 4 is 76.9 Å². The van der Waals surface area contributed by atoms with Gasteiger partial charge in [0.1, 0.15) is 60.1 Å². The molecule has 0 aliphatic rings. The first-order valence-electron chi connectivity index (χ1n) is 26.0. The summed E-state index contributed by atoms with van der Waals surface area (Å²) in [5.41, 5.74) is 33.1. The number of rotatable bonds is 40. The lowest BCUT2D eigenvalue weighted by atomic mass is 10.0. The number of nitrogens with zero attached hydrogens (tertiary/aromatic N) is 2. The lowest BCUT2D eigenvalue weighted by molar-refractivity contribution is -0.143. The number of aliphatic carboxylic acids is 1. The van der Waals surface area contributed by atoms with Crippen LogP contribution in [0.4, 0.5) is 0 Å². The standard InChI is InChI=1S/C48H76N18O18/c49-12-2-1-4-26(50)38(74)63-32(18-67)46(82)66-35(21-70)44(80)61-30(15-24-17-55-22-57-24)41(77)58-27(5-3-13-56-48(53)54)39(75)64-33(19-68)43(79)60-29(14-23-6-8-25(71)9-7-23)40(76)65-34(20-69)45(81)62-31(16-37(52)73)42(78)59-28(47(83)84)10-11-36(51)72/h6-9,17,22,26-35,67-71H,1-5,10-16,18-21,49-50H2,(H2,51,72)(H2,52,73)(H,55,57)(H,58,77)(H,59,78)(H,60,79)(H,61,80)(H,62,81)(H,63,74)(H,64,75)(H,65,76)(H,66,82)(H,83,84)(H4,53,54,56)/t26-,27-,28-,29-,30-,31-,32-,33-,34-,35-/m0/s1. The van der Waals surface area contributed by atoms with Crippen molar-refractivity contribution in [2.45, 2.75) is 125 Å². The molecule has 0 fully saturated rings. The molecule has 28 N–H and O–H groups in total. The van der Waals surface area contributed by atoms with Gasteiger partial charge in [-0.15, -0.1) is 0 Å². The van der Waals surface area contributed by atoms with Gasteiger partial charge in [0, 0.05) is 37.7 Å². The number of unbranched alkanes of at least 4 members (excludes halogenated alkanes) is 1. The Morgan fingerprint density at radius 2 is 0.940 bits per heavy atom. The molecule has 84 heavy (non-hydrogen) atoms. The minimum Gasteiger partial charge on any atom is -0.508 e. The summed E-state index contributed by atoms with van der Waals surface area (Å²) in [5, 5.41) is 80.3. The number of nitrogens with two attached hydrogens (primary N) is 6. The molecule has 0 saturated carbocycles. The van der Waals surface area contributed by atoms with Crippen molar-refractivity contribution < 1.29 is 88.2 Å². The fourth-order valence-electron chi connectivity index (χ4n) is 7.50. The minimum atomic E-state index is -1.98.